The van der Waals surface area contributed by atoms with Gasteiger partial charge in [-0.15, -0.1) is 0 Å². The van der Waals surface area contributed by atoms with Gasteiger partial charge in [0.1, 0.15) is 22.8 Å². The molecule has 0 fully saturated rings. The van der Waals surface area contributed by atoms with Crippen LogP contribution in [0.4, 0.5) is 8.78 Å². The first-order valence-electron chi connectivity index (χ1n) is 8.42. The molecule has 1 heterocycles. The van der Waals surface area contributed by atoms with Gasteiger partial charge < -0.3 is 24.7 Å². The molecule has 0 aliphatic rings. The third kappa shape index (κ3) is 4.69. The first-order chi connectivity index (χ1) is 14.7. The highest BCUT2D eigenvalue weighted by Crippen LogP contribution is 2.41. The van der Waals surface area contributed by atoms with Crippen LogP contribution in [-0.4, -0.2) is 29.7 Å². The summed E-state index contributed by atoms with van der Waals surface area (Å²) in [5.41, 5.74) is 4.85. The molecule has 0 saturated heterocycles. The van der Waals surface area contributed by atoms with E-state index < -0.39 is 41.6 Å². The van der Waals surface area contributed by atoms with E-state index in [0.717, 1.165) is 12.1 Å². The molecule has 3 rings (SSSR count). The van der Waals surface area contributed by atoms with Crippen molar-refractivity contribution in [3.63, 3.8) is 0 Å². The minimum Gasteiger partial charge on any atom is -0.496 e. The minimum atomic E-state index is -1.31. The number of benzene rings is 2. The van der Waals surface area contributed by atoms with Gasteiger partial charge in [0.15, 0.2) is 22.3 Å². The van der Waals surface area contributed by atoms with Crippen LogP contribution in [0.3, 0.4) is 0 Å². The Morgan fingerprint density at radius 1 is 1.32 bits per heavy atom. The van der Waals surface area contributed by atoms with Crippen molar-refractivity contribution in [1.29, 1.82) is 0 Å². The molecule has 7 nitrogen and oxygen atoms in total. The van der Waals surface area contributed by atoms with Crippen molar-refractivity contribution in [2.24, 2.45) is 5.73 Å². The highest BCUT2D eigenvalue weighted by atomic mass is 79.9. The number of carbonyl (C=O) groups excluding carboxylic acids is 1. The van der Waals surface area contributed by atoms with Crippen LogP contribution in [-0.2, 0) is 0 Å². The fraction of sp³-hybridized carbons (Fsp3) is 0.158. The number of amides is 1. The van der Waals surface area contributed by atoms with Gasteiger partial charge in [-0.05, 0) is 50.1 Å². The molecule has 12 heteroatoms. The number of hydrogen-bond donors (Lipinski definition) is 2. The molecular formula is C19H13Br2ClF2N2O5. The molecular weight excluding hydrogens is 569 g/mol. The summed E-state index contributed by atoms with van der Waals surface area (Å²) in [6.45, 7) is -0.670. The average molecular weight is 583 g/mol. The van der Waals surface area contributed by atoms with Crippen molar-refractivity contribution >= 4 is 49.4 Å². The summed E-state index contributed by atoms with van der Waals surface area (Å²) in [5, 5.41) is 10.1. The fourth-order valence-corrected chi connectivity index (χ4v) is 3.64. The molecule has 3 aromatic rings. The second kappa shape index (κ2) is 9.51. The standard InChI is InChI=1S/C19H13Br2ClF2N2O5/c1-29-12-5-9(22)8(20)4-7(12)16-17(21)31-19(26-16)13(6-27)30-11-3-2-10(23)14(15(11)24)18(25)28/h2-5,13,27H,6H2,1H3,(H2,25,28). The first kappa shape index (κ1) is 23.5. The van der Waals surface area contributed by atoms with Gasteiger partial charge in [-0.25, -0.2) is 13.8 Å². The number of oxazole rings is 1. The summed E-state index contributed by atoms with van der Waals surface area (Å²) in [4.78, 5) is 15.6. The molecule has 0 bridgehead atoms. The minimum absolute atomic E-state index is 0.123. The van der Waals surface area contributed by atoms with Crippen LogP contribution < -0.4 is 15.2 Å². The van der Waals surface area contributed by atoms with Crippen LogP contribution in [0.1, 0.15) is 22.4 Å². The molecule has 3 N–H and O–H groups in total. The van der Waals surface area contributed by atoms with Crippen molar-refractivity contribution in [3.8, 4) is 22.8 Å². The molecule has 1 aromatic heterocycles. The maximum atomic E-state index is 14.5. The highest BCUT2D eigenvalue weighted by molar-refractivity contribution is 9.10. The predicted octanol–water partition coefficient (Wildman–Crippen LogP) is 5.02. The van der Waals surface area contributed by atoms with Gasteiger partial charge in [0.2, 0.25) is 5.89 Å². The van der Waals surface area contributed by atoms with Crippen molar-refractivity contribution in [3.05, 3.63) is 61.5 Å². The van der Waals surface area contributed by atoms with E-state index in [1.807, 2.05) is 0 Å². The van der Waals surface area contributed by atoms with Gasteiger partial charge in [-0.2, -0.15) is 0 Å². The Balaban J connectivity index is 2.00. The lowest BCUT2D eigenvalue weighted by Gasteiger charge is -2.15. The van der Waals surface area contributed by atoms with E-state index >= 15 is 0 Å². The van der Waals surface area contributed by atoms with E-state index in [0.29, 0.717) is 26.5 Å². The first-order valence-corrected chi connectivity index (χ1v) is 10.4. The highest BCUT2D eigenvalue weighted by Gasteiger charge is 2.27. The van der Waals surface area contributed by atoms with Crippen LogP contribution in [0, 0.1) is 11.6 Å². The molecule has 164 valence electrons. The molecule has 31 heavy (non-hydrogen) atoms. The molecule has 2 aromatic carbocycles. The normalized spacial score (nSPS) is 12.0. The maximum absolute atomic E-state index is 14.5. The van der Waals surface area contributed by atoms with Gasteiger partial charge in [-0.1, -0.05) is 11.6 Å². The molecule has 0 aliphatic carbocycles. The monoisotopic (exact) mass is 580 g/mol. The maximum Gasteiger partial charge on any atom is 0.254 e. The van der Waals surface area contributed by atoms with E-state index in [2.05, 4.69) is 36.8 Å². The van der Waals surface area contributed by atoms with Crippen LogP contribution in [0.5, 0.6) is 11.5 Å². The Labute approximate surface area is 196 Å². The van der Waals surface area contributed by atoms with Crippen LogP contribution in [0.2, 0.25) is 5.02 Å². The van der Waals surface area contributed by atoms with Gasteiger partial charge in [0, 0.05) is 16.1 Å². The van der Waals surface area contributed by atoms with Crippen LogP contribution in [0.25, 0.3) is 11.3 Å². The summed E-state index contributed by atoms with van der Waals surface area (Å²) in [6, 6.07) is 5.00. The fourth-order valence-electron chi connectivity index (χ4n) is 2.67. The molecule has 0 radical (unpaired) electrons. The average Bonchev–Trinajstić information content (AvgIpc) is 3.10. The molecule has 1 unspecified atom stereocenters. The van der Waals surface area contributed by atoms with Crippen LogP contribution >= 0.6 is 43.5 Å². The largest absolute Gasteiger partial charge is 0.496 e. The van der Waals surface area contributed by atoms with Gasteiger partial charge in [0.05, 0.1) is 18.7 Å². The van der Waals surface area contributed by atoms with Crippen molar-refractivity contribution in [2.45, 2.75) is 6.10 Å². The lowest BCUT2D eigenvalue weighted by Crippen LogP contribution is -2.18. The summed E-state index contributed by atoms with van der Waals surface area (Å²) in [5.74, 6) is -3.99. The number of methoxy groups -OCH3 is 1. The third-order valence-electron chi connectivity index (χ3n) is 4.11. The van der Waals surface area contributed by atoms with Gasteiger partial charge in [0.25, 0.3) is 5.91 Å². The van der Waals surface area contributed by atoms with E-state index in [1.165, 1.54) is 7.11 Å². The van der Waals surface area contributed by atoms with E-state index in [4.69, 9.17) is 31.2 Å². The summed E-state index contributed by atoms with van der Waals surface area (Å²) in [6.07, 6.45) is -1.28. The zero-order valence-electron chi connectivity index (χ0n) is 15.6. The number of carbonyl (C=O) groups is 1. The Kier molecular flexibility index (Phi) is 7.20. The molecule has 0 saturated carbocycles. The quantitative estimate of drug-likeness (QED) is 0.405. The lowest BCUT2D eigenvalue weighted by molar-refractivity contribution is 0.0880. The number of primary amides is 1. The topological polar surface area (TPSA) is 108 Å². The second-order valence-corrected chi connectivity index (χ2v) is 8.01. The molecule has 0 spiro atoms. The van der Waals surface area contributed by atoms with Gasteiger partial charge >= 0.3 is 0 Å². The number of aliphatic hydroxyl groups excluding tert-OH is 1. The van der Waals surface area contributed by atoms with Crippen LogP contribution in [0.15, 0.2) is 37.8 Å². The smallest absolute Gasteiger partial charge is 0.254 e. The zero-order valence-corrected chi connectivity index (χ0v) is 19.5. The van der Waals surface area contributed by atoms with E-state index in [-0.39, 0.29) is 10.6 Å². The summed E-state index contributed by atoms with van der Waals surface area (Å²) < 4.78 is 45.2. The van der Waals surface area contributed by atoms with E-state index in [9.17, 15) is 18.7 Å². The Hall–Kier alpha value is -2.21. The Morgan fingerprint density at radius 2 is 2.03 bits per heavy atom. The lowest BCUT2D eigenvalue weighted by atomic mass is 10.1. The SMILES string of the molecule is COc1cc(Cl)c(Br)cc1-c1nc(C(CO)Oc2ccc(F)c(C(N)=O)c2F)oc1Br. The molecule has 1 atom stereocenters. The summed E-state index contributed by atoms with van der Waals surface area (Å²) in [7, 11) is 1.45. The van der Waals surface area contributed by atoms with Gasteiger partial charge in [-0.3, -0.25) is 4.79 Å². The predicted molar refractivity (Wildman–Crippen MR) is 114 cm³/mol. The number of nitrogens with zero attached hydrogens (tertiary/aromatic N) is 1. The van der Waals surface area contributed by atoms with E-state index in [1.54, 1.807) is 12.1 Å². The van der Waals surface area contributed by atoms with Crippen molar-refractivity contribution in [1.82, 2.24) is 4.98 Å². The number of aliphatic hydroxyl groups is 1. The van der Waals surface area contributed by atoms with Crippen molar-refractivity contribution < 1.29 is 32.6 Å². The Bertz CT molecular complexity index is 1160. The zero-order chi connectivity index (χ0) is 22.9. The molecule has 0 aliphatic heterocycles. The number of halogens is 5. The number of hydrogen-bond acceptors (Lipinski definition) is 6. The van der Waals surface area contributed by atoms with Crippen molar-refractivity contribution in [2.75, 3.05) is 13.7 Å². The molecule has 1 amide bonds. The second-order valence-electron chi connectivity index (χ2n) is 6.03. The Morgan fingerprint density at radius 3 is 2.65 bits per heavy atom. The number of rotatable bonds is 7. The number of nitrogens with two attached hydrogens (primary N) is 1. The number of aromatic nitrogens is 1. The summed E-state index contributed by atoms with van der Waals surface area (Å²) >= 11 is 12.7. The third-order valence-corrected chi connectivity index (χ3v) is 5.85. The number of ether oxygens (including phenoxy) is 2.